The maximum absolute atomic E-state index is 9.10. The van der Waals surface area contributed by atoms with Crippen LogP contribution in [0, 0.1) is 12.8 Å². The highest BCUT2D eigenvalue weighted by Gasteiger charge is 2.36. The van der Waals surface area contributed by atoms with Crippen molar-refractivity contribution in [3.63, 3.8) is 0 Å². The fourth-order valence-electron chi connectivity index (χ4n) is 2.67. The lowest BCUT2D eigenvalue weighted by Gasteiger charge is -2.43. The number of aromatic nitrogens is 2. The Morgan fingerprint density at radius 2 is 1.80 bits per heavy atom. The van der Waals surface area contributed by atoms with Crippen molar-refractivity contribution in [3.05, 3.63) is 11.8 Å². The van der Waals surface area contributed by atoms with Crippen molar-refractivity contribution >= 4 is 11.9 Å². The zero-order valence-corrected chi connectivity index (χ0v) is 11.2. The van der Waals surface area contributed by atoms with E-state index in [-0.39, 0.29) is 0 Å². The number of hydrogen-bond donors (Lipinski definition) is 2. The summed E-state index contributed by atoms with van der Waals surface area (Å²) < 4.78 is 5.51. The lowest BCUT2D eigenvalue weighted by molar-refractivity contribution is -0.159. The Hall–Kier alpha value is -1.96. The van der Waals surface area contributed by atoms with Crippen molar-refractivity contribution in [3.8, 4) is 0 Å². The van der Waals surface area contributed by atoms with Gasteiger partial charge in [0, 0.05) is 6.92 Å². The third-order valence-corrected chi connectivity index (χ3v) is 3.66. The number of aryl methyl sites for hydroxylation is 1. The van der Waals surface area contributed by atoms with Crippen molar-refractivity contribution in [2.75, 3.05) is 13.1 Å². The van der Waals surface area contributed by atoms with Crippen LogP contribution in [0.2, 0.25) is 0 Å². The fraction of sp³-hybridized carbons (Fsp3) is 0.667. The van der Waals surface area contributed by atoms with Crippen LogP contribution in [0.3, 0.4) is 0 Å². The first kappa shape index (κ1) is 14.4. The molecule has 8 heteroatoms. The summed E-state index contributed by atoms with van der Waals surface area (Å²) in [5, 5.41) is 22.8. The second-order valence-corrected chi connectivity index (χ2v) is 5.00. The molecule has 0 amide bonds. The molecule has 0 aromatic carbocycles. The van der Waals surface area contributed by atoms with Gasteiger partial charge in [0.1, 0.15) is 0 Å². The molecule has 0 aliphatic carbocycles. The van der Waals surface area contributed by atoms with Crippen LogP contribution in [0.1, 0.15) is 37.1 Å². The number of nitrogens with zero attached hydrogens (tertiary/aromatic N) is 3. The van der Waals surface area contributed by atoms with Gasteiger partial charge in [0.2, 0.25) is 11.8 Å². The number of rotatable bonds is 1. The van der Waals surface area contributed by atoms with Gasteiger partial charge in [-0.25, -0.2) is 9.59 Å². The first-order valence-corrected chi connectivity index (χ1v) is 6.47. The van der Waals surface area contributed by atoms with E-state index in [1.54, 1.807) is 0 Å². The fourth-order valence-corrected chi connectivity index (χ4v) is 2.67. The predicted octanol–water partition coefficient (Wildman–Crippen LogP) is 0.690. The normalized spacial score (nSPS) is 27.6. The van der Waals surface area contributed by atoms with Gasteiger partial charge in [-0.1, -0.05) is 0 Å². The molecule has 1 aromatic heterocycles. The monoisotopic (exact) mass is 283 g/mol. The summed E-state index contributed by atoms with van der Waals surface area (Å²) in [6, 6.07) is 0.406. The minimum atomic E-state index is -1.82. The molecule has 8 nitrogen and oxygen atoms in total. The number of carbonyl (C=O) groups is 2. The van der Waals surface area contributed by atoms with E-state index in [4.69, 9.17) is 24.2 Å². The first-order chi connectivity index (χ1) is 9.47. The molecular weight excluding hydrogens is 266 g/mol. The summed E-state index contributed by atoms with van der Waals surface area (Å²) in [5.74, 6) is -1.25. The highest BCUT2D eigenvalue weighted by Crippen LogP contribution is 2.39. The van der Waals surface area contributed by atoms with Gasteiger partial charge in [0.25, 0.3) is 0 Å². The second-order valence-electron chi connectivity index (χ2n) is 5.00. The molecule has 3 aliphatic heterocycles. The van der Waals surface area contributed by atoms with Crippen molar-refractivity contribution in [2.45, 2.75) is 32.2 Å². The number of piperidine rings is 3. The largest absolute Gasteiger partial charge is 0.473 e. The minimum absolute atomic E-state index is 0.406. The zero-order valence-electron chi connectivity index (χ0n) is 11.2. The van der Waals surface area contributed by atoms with Gasteiger partial charge in [-0.3, -0.25) is 4.90 Å². The number of fused-ring (bicyclic) bond motifs is 3. The second kappa shape index (κ2) is 6.00. The van der Waals surface area contributed by atoms with Crippen molar-refractivity contribution < 1.29 is 24.2 Å². The Balaban J connectivity index is 0.000000212. The smallest absolute Gasteiger partial charge is 0.414 e. The van der Waals surface area contributed by atoms with Gasteiger partial charge in [0.15, 0.2) is 0 Å². The van der Waals surface area contributed by atoms with Crippen LogP contribution in [0.25, 0.3) is 0 Å². The summed E-state index contributed by atoms with van der Waals surface area (Å²) in [7, 11) is 0. The SMILES string of the molecule is Cc1nnc(C2CC3CCN2CC3)o1.O=C(O)C(=O)O. The third kappa shape index (κ3) is 3.32. The van der Waals surface area contributed by atoms with Crippen LogP contribution in [-0.2, 0) is 9.59 Å². The number of aliphatic carboxylic acids is 2. The van der Waals surface area contributed by atoms with Gasteiger partial charge in [-0.2, -0.15) is 0 Å². The number of carboxylic acid groups (broad SMARTS) is 2. The summed E-state index contributed by atoms with van der Waals surface area (Å²) in [6.07, 6.45) is 3.91. The zero-order chi connectivity index (χ0) is 14.7. The summed E-state index contributed by atoms with van der Waals surface area (Å²) in [4.78, 5) is 20.7. The molecule has 4 rings (SSSR count). The molecule has 3 aliphatic rings. The topological polar surface area (TPSA) is 117 Å². The maximum atomic E-state index is 9.10. The molecule has 1 aromatic rings. The van der Waals surface area contributed by atoms with Crippen LogP contribution in [-0.4, -0.2) is 50.3 Å². The molecule has 0 radical (unpaired) electrons. The van der Waals surface area contributed by atoms with E-state index < -0.39 is 11.9 Å². The third-order valence-electron chi connectivity index (χ3n) is 3.66. The van der Waals surface area contributed by atoms with Crippen LogP contribution in [0.5, 0.6) is 0 Å². The molecule has 0 saturated carbocycles. The molecular formula is C12H17N3O5. The van der Waals surface area contributed by atoms with Crippen LogP contribution in [0.15, 0.2) is 4.42 Å². The molecule has 2 N–H and O–H groups in total. The van der Waals surface area contributed by atoms with Crippen molar-refractivity contribution in [2.24, 2.45) is 5.92 Å². The molecule has 1 unspecified atom stereocenters. The number of carboxylic acids is 2. The Morgan fingerprint density at radius 1 is 1.20 bits per heavy atom. The Labute approximate surface area is 115 Å². The highest BCUT2D eigenvalue weighted by molar-refractivity contribution is 6.27. The van der Waals surface area contributed by atoms with E-state index in [9.17, 15) is 0 Å². The van der Waals surface area contributed by atoms with Gasteiger partial charge < -0.3 is 14.6 Å². The Morgan fingerprint density at radius 3 is 2.15 bits per heavy atom. The quantitative estimate of drug-likeness (QED) is 0.723. The summed E-state index contributed by atoms with van der Waals surface area (Å²) in [6.45, 7) is 4.26. The number of hydrogen-bond acceptors (Lipinski definition) is 6. The van der Waals surface area contributed by atoms with E-state index in [1.807, 2.05) is 6.92 Å². The van der Waals surface area contributed by atoms with Crippen molar-refractivity contribution in [1.82, 2.24) is 15.1 Å². The van der Waals surface area contributed by atoms with E-state index in [1.165, 1.54) is 32.4 Å². The molecule has 4 heterocycles. The lowest BCUT2D eigenvalue weighted by atomic mass is 9.83. The maximum Gasteiger partial charge on any atom is 0.414 e. The molecule has 110 valence electrons. The van der Waals surface area contributed by atoms with Crippen LogP contribution < -0.4 is 0 Å². The summed E-state index contributed by atoms with van der Waals surface area (Å²) >= 11 is 0. The van der Waals surface area contributed by atoms with Crippen molar-refractivity contribution in [1.29, 1.82) is 0 Å². The van der Waals surface area contributed by atoms with E-state index >= 15 is 0 Å². The minimum Gasteiger partial charge on any atom is -0.473 e. The Kier molecular flexibility index (Phi) is 4.33. The molecule has 1 atom stereocenters. The van der Waals surface area contributed by atoms with Gasteiger partial charge >= 0.3 is 11.9 Å². The lowest BCUT2D eigenvalue weighted by Crippen LogP contribution is -2.43. The van der Waals surface area contributed by atoms with Gasteiger partial charge in [-0.05, 0) is 38.3 Å². The first-order valence-electron chi connectivity index (χ1n) is 6.47. The van der Waals surface area contributed by atoms with Crippen LogP contribution >= 0.6 is 0 Å². The molecule has 3 fully saturated rings. The molecule has 0 spiro atoms. The molecule has 3 saturated heterocycles. The molecule has 20 heavy (non-hydrogen) atoms. The van der Waals surface area contributed by atoms with Crippen LogP contribution in [0.4, 0.5) is 0 Å². The Bertz CT molecular complexity index is 481. The standard InChI is InChI=1S/C10H15N3O.C2H2O4/c1-7-11-12-10(14-7)9-6-8-2-4-13(9)5-3-8;3-1(4)2(5)6/h8-9H,2-6H2,1H3;(H,3,4)(H,5,6). The van der Waals surface area contributed by atoms with Gasteiger partial charge in [0.05, 0.1) is 6.04 Å². The molecule has 2 bridgehead atoms. The highest BCUT2D eigenvalue weighted by atomic mass is 16.4. The predicted molar refractivity (Wildman–Crippen MR) is 66.0 cm³/mol. The van der Waals surface area contributed by atoms with E-state index in [2.05, 4.69) is 15.1 Å². The van der Waals surface area contributed by atoms with Gasteiger partial charge in [-0.15, -0.1) is 10.2 Å². The summed E-state index contributed by atoms with van der Waals surface area (Å²) in [5.41, 5.74) is 0. The average Bonchev–Trinajstić information content (AvgIpc) is 2.87. The average molecular weight is 283 g/mol. The van der Waals surface area contributed by atoms with E-state index in [0.29, 0.717) is 11.9 Å². The van der Waals surface area contributed by atoms with E-state index in [0.717, 1.165) is 11.8 Å².